The van der Waals surface area contributed by atoms with E-state index in [4.69, 9.17) is 16.3 Å². The minimum atomic E-state index is -4.19. The first-order valence-electron chi connectivity index (χ1n) is 13.6. The Kier molecular flexibility index (Phi) is 11.2. The lowest BCUT2D eigenvalue weighted by Crippen LogP contribution is -2.52. The highest BCUT2D eigenvalue weighted by atomic mass is 35.5. The molecule has 8 nitrogen and oxygen atoms in total. The Balaban J connectivity index is 2.03. The summed E-state index contributed by atoms with van der Waals surface area (Å²) in [6, 6.07) is 19.0. The van der Waals surface area contributed by atoms with Crippen LogP contribution in [0, 0.1) is 6.92 Å². The third-order valence-electron chi connectivity index (χ3n) is 6.72. The summed E-state index contributed by atoms with van der Waals surface area (Å²) in [4.78, 5) is 28.6. The highest BCUT2D eigenvalue weighted by molar-refractivity contribution is 7.92. The number of halogens is 1. The van der Waals surface area contributed by atoms with E-state index < -0.39 is 28.5 Å². The second-order valence-electron chi connectivity index (χ2n) is 9.90. The van der Waals surface area contributed by atoms with Crippen LogP contribution in [-0.4, -0.2) is 50.4 Å². The molecule has 10 heteroatoms. The fourth-order valence-electron chi connectivity index (χ4n) is 4.19. The number of nitrogens with one attached hydrogen (secondary N) is 1. The average Bonchev–Trinajstić information content (AvgIpc) is 2.95. The lowest BCUT2D eigenvalue weighted by Gasteiger charge is -2.32. The molecule has 0 aliphatic heterocycles. The van der Waals surface area contributed by atoms with Gasteiger partial charge in [-0.3, -0.25) is 13.9 Å². The van der Waals surface area contributed by atoms with Gasteiger partial charge in [0.25, 0.3) is 10.0 Å². The van der Waals surface area contributed by atoms with E-state index in [-0.39, 0.29) is 29.1 Å². The molecule has 0 saturated heterocycles. The number of carbonyl (C=O) groups is 2. The van der Waals surface area contributed by atoms with Crippen LogP contribution in [0.3, 0.4) is 0 Å². The molecule has 3 aromatic carbocycles. The summed E-state index contributed by atoms with van der Waals surface area (Å²) in [5, 5.41) is 3.32. The molecule has 1 N–H and O–H groups in total. The van der Waals surface area contributed by atoms with Gasteiger partial charge in [0.1, 0.15) is 18.3 Å². The van der Waals surface area contributed by atoms with Crippen LogP contribution in [0.4, 0.5) is 5.69 Å². The van der Waals surface area contributed by atoms with E-state index in [1.807, 2.05) is 52.0 Å². The highest BCUT2D eigenvalue weighted by Crippen LogP contribution is 2.27. The van der Waals surface area contributed by atoms with Gasteiger partial charge in [-0.2, -0.15) is 0 Å². The number of aryl methyl sites for hydroxylation is 1. The molecule has 0 heterocycles. The van der Waals surface area contributed by atoms with Crippen molar-refractivity contribution in [2.24, 2.45) is 0 Å². The number of nitrogens with zero attached hydrogens (tertiary/aromatic N) is 2. The Labute approximate surface area is 248 Å². The van der Waals surface area contributed by atoms with Gasteiger partial charge in [-0.25, -0.2) is 8.42 Å². The number of benzene rings is 3. The number of hydrogen-bond acceptors (Lipinski definition) is 5. The minimum Gasteiger partial charge on any atom is -0.494 e. The van der Waals surface area contributed by atoms with Crippen molar-refractivity contribution in [3.05, 3.63) is 88.9 Å². The van der Waals surface area contributed by atoms with Crippen LogP contribution in [0.5, 0.6) is 5.75 Å². The van der Waals surface area contributed by atoms with Crippen molar-refractivity contribution in [1.29, 1.82) is 0 Å². The lowest BCUT2D eigenvalue weighted by molar-refractivity contribution is -0.139. The maximum absolute atomic E-state index is 14.0. The van der Waals surface area contributed by atoms with Crippen molar-refractivity contribution in [2.75, 3.05) is 17.5 Å². The Morgan fingerprint density at radius 2 is 1.63 bits per heavy atom. The number of hydrogen-bond donors (Lipinski definition) is 1. The molecule has 0 saturated carbocycles. The van der Waals surface area contributed by atoms with Gasteiger partial charge in [0, 0.05) is 17.6 Å². The van der Waals surface area contributed by atoms with E-state index in [0.717, 1.165) is 21.9 Å². The first-order chi connectivity index (χ1) is 19.5. The molecule has 0 fully saturated rings. The topological polar surface area (TPSA) is 96.0 Å². The molecule has 0 unspecified atom stereocenters. The van der Waals surface area contributed by atoms with Gasteiger partial charge in [0.15, 0.2) is 0 Å². The fraction of sp³-hybridized carbons (Fsp3) is 0.355. The molecular formula is C31H38ClN3O5S. The van der Waals surface area contributed by atoms with Crippen LogP contribution in [0.25, 0.3) is 0 Å². The molecule has 2 atom stereocenters. The Morgan fingerprint density at radius 1 is 0.976 bits per heavy atom. The zero-order valence-corrected chi connectivity index (χ0v) is 25.7. The summed E-state index contributed by atoms with van der Waals surface area (Å²) >= 11 is 6.01. The summed E-state index contributed by atoms with van der Waals surface area (Å²) in [7, 11) is -4.19. The quantitative estimate of drug-likeness (QED) is 0.277. The van der Waals surface area contributed by atoms with Crippen molar-refractivity contribution in [3.63, 3.8) is 0 Å². The van der Waals surface area contributed by atoms with Gasteiger partial charge in [0.2, 0.25) is 11.8 Å². The molecule has 41 heavy (non-hydrogen) atoms. The van der Waals surface area contributed by atoms with Gasteiger partial charge in [-0.05, 0) is 88.2 Å². The maximum atomic E-state index is 14.0. The van der Waals surface area contributed by atoms with Crippen LogP contribution in [0.2, 0.25) is 5.02 Å². The smallest absolute Gasteiger partial charge is 0.264 e. The molecule has 0 spiro atoms. The highest BCUT2D eigenvalue weighted by Gasteiger charge is 2.32. The number of amides is 2. The normalized spacial score (nSPS) is 12.7. The van der Waals surface area contributed by atoms with Gasteiger partial charge >= 0.3 is 0 Å². The van der Waals surface area contributed by atoms with Crippen LogP contribution in [0.1, 0.15) is 45.2 Å². The minimum absolute atomic E-state index is 0.0172. The van der Waals surface area contributed by atoms with E-state index in [0.29, 0.717) is 17.4 Å². The van der Waals surface area contributed by atoms with Crippen LogP contribution in [-0.2, 0) is 26.2 Å². The molecule has 3 rings (SSSR count). The number of sulfonamides is 1. The first-order valence-corrected chi connectivity index (χ1v) is 15.4. The van der Waals surface area contributed by atoms with Crippen molar-refractivity contribution in [2.45, 2.75) is 64.6 Å². The monoisotopic (exact) mass is 599 g/mol. The van der Waals surface area contributed by atoms with E-state index >= 15 is 0 Å². The second kappa shape index (κ2) is 14.4. The largest absolute Gasteiger partial charge is 0.494 e. The van der Waals surface area contributed by atoms with Gasteiger partial charge in [-0.15, -0.1) is 0 Å². The van der Waals surface area contributed by atoms with Crippen molar-refractivity contribution in [1.82, 2.24) is 10.2 Å². The fourth-order valence-corrected chi connectivity index (χ4v) is 5.73. The van der Waals surface area contributed by atoms with Crippen molar-refractivity contribution < 1.29 is 22.7 Å². The van der Waals surface area contributed by atoms with Crippen LogP contribution < -0.4 is 14.4 Å². The average molecular weight is 600 g/mol. The Bertz CT molecular complexity index is 1430. The number of carbonyl (C=O) groups excluding carboxylic acids is 2. The second-order valence-corrected chi connectivity index (χ2v) is 12.2. The van der Waals surface area contributed by atoms with E-state index in [1.54, 1.807) is 31.2 Å². The van der Waals surface area contributed by atoms with Crippen molar-refractivity contribution >= 4 is 39.1 Å². The zero-order chi connectivity index (χ0) is 30.2. The van der Waals surface area contributed by atoms with Gasteiger partial charge in [0.05, 0.1) is 17.2 Å². The number of ether oxygens (including phenoxy) is 1. The van der Waals surface area contributed by atoms with Gasteiger partial charge in [-0.1, -0.05) is 48.4 Å². The molecule has 0 aliphatic rings. The Hall–Kier alpha value is -3.56. The van der Waals surface area contributed by atoms with Gasteiger partial charge < -0.3 is 15.0 Å². The lowest BCUT2D eigenvalue weighted by atomic mass is 10.1. The third kappa shape index (κ3) is 8.47. The predicted molar refractivity (Wildman–Crippen MR) is 163 cm³/mol. The summed E-state index contributed by atoms with van der Waals surface area (Å²) in [6.45, 7) is 9.37. The van der Waals surface area contributed by atoms with Crippen LogP contribution >= 0.6 is 11.6 Å². The van der Waals surface area contributed by atoms with E-state index in [2.05, 4.69) is 5.32 Å². The molecule has 0 aliphatic carbocycles. The molecular weight excluding hydrogens is 562 g/mol. The standard InChI is InChI=1S/C31H38ClN3O5S/c1-6-23(4)33-31(37)24(5)34(20-25-10-8-9-22(3)19-25)30(36)21-35(27-13-15-28(16-14-27)40-7-2)41(38,39)29-17-11-26(32)12-18-29/h8-19,23-24H,6-7,20-21H2,1-5H3,(H,33,37)/t23-,24-/m0/s1. The predicted octanol–water partition coefficient (Wildman–Crippen LogP) is 5.57. The summed E-state index contributed by atoms with van der Waals surface area (Å²) in [6.07, 6.45) is 0.731. The molecule has 0 aromatic heterocycles. The first kappa shape index (κ1) is 32.0. The molecule has 0 bridgehead atoms. The Morgan fingerprint density at radius 3 is 2.22 bits per heavy atom. The molecule has 0 radical (unpaired) electrons. The molecule has 3 aromatic rings. The van der Waals surface area contributed by atoms with Crippen LogP contribution in [0.15, 0.2) is 77.7 Å². The van der Waals surface area contributed by atoms with Crippen molar-refractivity contribution in [3.8, 4) is 5.75 Å². The summed E-state index contributed by atoms with van der Waals surface area (Å²) in [5.74, 6) is -0.263. The molecule has 220 valence electrons. The van der Waals surface area contributed by atoms with E-state index in [9.17, 15) is 18.0 Å². The maximum Gasteiger partial charge on any atom is 0.264 e. The molecule has 2 amide bonds. The number of rotatable bonds is 13. The van der Waals surface area contributed by atoms with E-state index in [1.165, 1.54) is 29.2 Å². The zero-order valence-electron chi connectivity index (χ0n) is 24.1. The number of anilines is 1. The SMILES string of the molecule is CCOc1ccc(N(CC(=O)N(Cc2cccc(C)c2)[C@@H](C)C(=O)N[C@@H](C)CC)S(=O)(=O)c2ccc(Cl)cc2)cc1. The summed E-state index contributed by atoms with van der Waals surface area (Å²) in [5.41, 5.74) is 2.12. The third-order valence-corrected chi connectivity index (χ3v) is 8.76. The summed E-state index contributed by atoms with van der Waals surface area (Å²) < 4.78 is 34.4.